The number of quaternary nitrogens is 1. The number of hydrogen-bond acceptors (Lipinski definition) is 6. The van der Waals surface area contributed by atoms with Gasteiger partial charge < -0.3 is 33.3 Å². The van der Waals surface area contributed by atoms with Gasteiger partial charge in [0.1, 0.15) is 6.04 Å². The first kappa shape index (κ1) is 24.0. The zero-order valence-corrected chi connectivity index (χ0v) is 20.1. The number of aliphatic hydroxyl groups is 1. The minimum Gasteiger partial charge on any atom is -0.493 e. The maximum atomic E-state index is 9.53. The molecule has 0 bridgehead atoms. The molecule has 32 heavy (non-hydrogen) atoms. The molecule has 2 atom stereocenters. The molecular weight excluding hydrogens is 410 g/mol. The summed E-state index contributed by atoms with van der Waals surface area (Å²) in [6.07, 6.45) is 2.48. The van der Waals surface area contributed by atoms with Gasteiger partial charge in [0.05, 0.1) is 55.7 Å². The van der Waals surface area contributed by atoms with E-state index in [4.69, 9.17) is 23.7 Å². The van der Waals surface area contributed by atoms with Gasteiger partial charge in [0.2, 0.25) is 5.75 Å². The van der Waals surface area contributed by atoms with Crippen molar-refractivity contribution < 1.29 is 33.3 Å². The van der Waals surface area contributed by atoms with Crippen molar-refractivity contribution >= 4 is 0 Å². The molecule has 0 saturated carbocycles. The number of nitrogens with zero attached hydrogens (tertiary/aromatic N) is 1. The van der Waals surface area contributed by atoms with E-state index in [0.29, 0.717) is 17.2 Å². The minimum atomic E-state index is 0.174. The number of aliphatic hydroxyl groups excluding tert-OH is 1. The normalized spacial score (nSPS) is 19.8. The molecule has 7 nitrogen and oxygen atoms in total. The first-order valence-corrected chi connectivity index (χ1v) is 10.9. The summed E-state index contributed by atoms with van der Waals surface area (Å²) in [6, 6.07) is 8.43. The van der Waals surface area contributed by atoms with Crippen LogP contribution in [0.25, 0.3) is 0 Å². The predicted molar refractivity (Wildman–Crippen MR) is 123 cm³/mol. The van der Waals surface area contributed by atoms with E-state index in [-0.39, 0.29) is 12.6 Å². The van der Waals surface area contributed by atoms with Crippen molar-refractivity contribution in [3.8, 4) is 28.7 Å². The molecule has 0 saturated heterocycles. The lowest BCUT2D eigenvalue weighted by Gasteiger charge is -2.46. The summed E-state index contributed by atoms with van der Waals surface area (Å²) in [5.41, 5.74) is 3.63. The van der Waals surface area contributed by atoms with E-state index in [1.165, 1.54) is 11.1 Å². The molecule has 3 rings (SSSR count). The molecule has 2 aromatic rings. The first-order valence-electron chi connectivity index (χ1n) is 10.9. The summed E-state index contributed by atoms with van der Waals surface area (Å²) in [4.78, 5) is 0. The Kier molecular flexibility index (Phi) is 7.74. The second-order valence-electron chi connectivity index (χ2n) is 8.41. The number of fused-ring (bicyclic) bond motifs is 1. The lowest BCUT2D eigenvalue weighted by atomic mass is 9.86. The van der Waals surface area contributed by atoms with Crippen LogP contribution in [0.15, 0.2) is 24.3 Å². The highest BCUT2D eigenvalue weighted by Gasteiger charge is 2.39. The van der Waals surface area contributed by atoms with Crippen molar-refractivity contribution in [1.29, 1.82) is 0 Å². The smallest absolute Gasteiger partial charge is 0.203 e. The quantitative estimate of drug-likeness (QED) is 0.565. The molecule has 0 radical (unpaired) electrons. The minimum absolute atomic E-state index is 0.174. The van der Waals surface area contributed by atoms with Gasteiger partial charge in [0.25, 0.3) is 0 Å². The van der Waals surface area contributed by atoms with Crippen LogP contribution >= 0.6 is 0 Å². The number of benzene rings is 2. The highest BCUT2D eigenvalue weighted by molar-refractivity contribution is 5.54. The monoisotopic (exact) mass is 446 g/mol. The first-order chi connectivity index (χ1) is 15.4. The van der Waals surface area contributed by atoms with Crippen molar-refractivity contribution in [2.75, 3.05) is 62.3 Å². The van der Waals surface area contributed by atoms with Crippen LogP contribution in [0.4, 0.5) is 0 Å². The molecule has 0 amide bonds. The van der Waals surface area contributed by atoms with Crippen molar-refractivity contribution in [2.24, 2.45) is 0 Å². The van der Waals surface area contributed by atoms with E-state index >= 15 is 0 Å². The van der Waals surface area contributed by atoms with Crippen LogP contribution in [0, 0.1) is 0 Å². The number of rotatable bonds is 10. The fourth-order valence-corrected chi connectivity index (χ4v) is 4.84. The molecule has 1 heterocycles. The molecular formula is C25H36NO6+. The van der Waals surface area contributed by atoms with Gasteiger partial charge in [-0.15, -0.1) is 0 Å². The molecule has 0 aromatic heterocycles. The average molecular weight is 447 g/mol. The van der Waals surface area contributed by atoms with E-state index in [9.17, 15) is 5.11 Å². The Bertz CT molecular complexity index is 906. The topological polar surface area (TPSA) is 66.4 Å². The van der Waals surface area contributed by atoms with Gasteiger partial charge in [-0.05, 0) is 35.4 Å². The van der Waals surface area contributed by atoms with Crippen LogP contribution in [0.2, 0.25) is 0 Å². The summed E-state index contributed by atoms with van der Waals surface area (Å²) in [7, 11) is 10.5. The number of ether oxygens (including phenoxy) is 5. The van der Waals surface area contributed by atoms with Crippen molar-refractivity contribution in [2.45, 2.75) is 25.3 Å². The van der Waals surface area contributed by atoms with E-state index in [2.05, 4.69) is 19.2 Å². The zero-order chi connectivity index (χ0) is 23.3. The number of likely N-dealkylation sites (N-methyl/N-ethyl adjacent to an activating group) is 1. The standard InChI is InChI=1S/C25H36NO6/c1-26(9-7-11-27)10-8-18-15-21(28-2)22(29-3)16-19(18)20(26)12-17-13-23(30-4)25(32-6)24(14-17)31-5/h13-16,20,27H,7-12H2,1-6H3/q+1. The molecule has 0 spiro atoms. The Labute approximate surface area is 191 Å². The summed E-state index contributed by atoms with van der Waals surface area (Å²) in [5.74, 6) is 3.37. The van der Waals surface area contributed by atoms with Crippen LogP contribution in [-0.2, 0) is 12.8 Å². The van der Waals surface area contributed by atoms with Gasteiger partial charge >= 0.3 is 0 Å². The Balaban J connectivity index is 2.10. The van der Waals surface area contributed by atoms with Crippen LogP contribution in [0.3, 0.4) is 0 Å². The highest BCUT2D eigenvalue weighted by Crippen LogP contribution is 2.44. The van der Waals surface area contributed by atoms with Crippen LogP contribution < -0.4 is 23.7 Å². The highest BCUT2D eigenvalue weighted by atomic mass is 16.5. The van der Waals surface area contributed by atoms with E-state index in [1.54, 1.807) is 35.5 Å². The summed E-state index contributed by atoms with van der Waals surface area (Å²) in [6.45, 7) is 2.06. The SMILES string of the molecule is COc1cc2c(cc1OC)C(Cc1cc(OC)c(OC)c(OC)c1)[N+](C)(CCCO)CC2. The van der Waals surface area contributed by atoms with Gasteiger partial charge in [0, 0.05) is 31.4 Å². The van der Waals surface area contributed by atoms with Crippen molar-refractivity contribution in [3.63, 3.8) is 0 Å². The van der Waals surface area contributed by atoms with Gasteiger partial charge in [-0.2, -0.15) is 0 Å². The maximum Gasteiger partial charge on any atom is 0.203 e. The fourth-order valence-electron chi connectivity index (χ4n) is 4.84. The van der Waals surface area contributed by atoms with Gasteiger partial charge in [-0.25, -0.2) is 0 Å². The van der Waals surface area contributed by atoms with Gasteiger partial charge in [-0.3, -0.25) is 0 Å². The Morgan fingerprint density at radius 2 is 1.44 bits per heavy atom. The summed E-state index contributed by atoms with van der Waals surface area (Å²) in [5, 5.41) is 9.53. The maximum absolute atomic E-state index is 9.53. The molecule has 0 aliphatic carbocycles. The van der Waals surface area contributed by atoms with E-state index in [0.717, 1.165) is 53.9 Å². The van der Waals surface area contributed by atoms with E-state index in [1.807, 2.05) is 12.1 Å². The third-order valence-electron chi connectivity index (χ3n) is 6.63. The molecule has 0 fully saturated rings. The average Bonchev–Trinajstić information content (AvgIpc) is 2.83. The molecule has 176 valence electrons. The number of methoxy groups -OCH3 is 5. The lowest BCUT2D eigenvalue weighted by molar-refractivity contribution is -0.941. The predicted octanol–water partition coefficient (Wildman–Crippen LogP) is 3.40. The van der Waals surface area contributed by atoms with Crippen LogP contribution in [-0.4, -0.2) is 71.9 Å². The summed E-state index contributed by atoms with van der Waals surface area (Å²) >= 11 is 0. The van der Waals surface area contributed by atoms with Crippen molar-refractivity contribution in [1.82, 2.24) is 0 Å². The van der Waals surface area contributed by atoms with E-state index < -0.39 is 0 Å². The third kappa shape index (κ3) is 4.59. The van der Waals surface area contributed by atoms with Gasteiger partial charge in [0.15, 0.2) is 23.0 Å². The third-order valence-corrected chi connectivity index (χ3v) is 6.63. The summed E-state index contributed by atoms with van der Waals surface area (Å²) < 4.78 is 28.7. The van der Waals surface area contributed by atoms with Crippen molar-refractivity contribution in [3.05, 3.63) is 41.0 Å². The Hall–Kier alpha value is -2.64. The lowest BCUT2D eigenvalue weighted by Crippen LogP contribution is -2.52. The fraction of sp³-hybridized carbons (Fsp3) is 0.520. The Morgan fingerprint density at radius 1 is 0.844 bits per heavy atom. The molecule has 1 aliphatic rings. The largest absolute Gasteiger partial charge is 0.493 e. The van der Waals surface area contributed by atoms with Gasteiger partial charge in [-0.1, -0.05) is 0 Å². The molecule has 7 heteroatoms. The molecule has 1 N–H and O–H groups in total. The van der Waals surface area contributed by atoms with Crippen LogP contribution in [0.5, 0.6) is 28.7 Å². The Morgan fingerprint density at radius 3 is 1.97 bits per heavy atom. The molecule has 2 aromatic carbocycles. The number of hydrogen-bond donors (Lipinski definition) is 1. The molecule has 1 aliphatic heterocycles. The molecule has 2 unspecified atom stereocenters. The zero-order valence-electron chi connectivity index (χ0n) is 20.1. The second-order valence-corrected chi connectivity index (χ2v) is 8.41. The van der Waals surface area contributed by atoms with Crippen LogP contribution in [0.1, 0.15) is 29.2 Å². The second kappa shape index (κ2) is 10.3.